The highest BCUT2D eigenvalue weighted by Crippen LogP contribution is 2.36. The molecule has 37 heavy (non-hydrogen) atoms. The second-order valence-electron chi connectivity index (χ2n) is 7.70. The lowest BCUT2D eigenvalue weighted by Crippen LogP contribution is -2.30. The van der Waals surface area contributed by atoms with E-state index in [-0.39, 0.29) is 30.4 Å². The number of esters is 1. The van der Waals surface area contributed by atoms with Gasteiger partial charge in [-0.1, -0.05) is 29.3 Å². The Morgan fingerprint density at radius 3 is 2.62 bits per heavy atom. The normalized spacial score (nSPS) is 14.2. The summed E-state index contributed by atoms with van der Waals surface area (Å²) in [6.45, 7) is 0.0384. The van der Waals surface area contributed by atoms with E-state index in [9.17, 15) is 14.4 Å². The number of amides is 3. The number of imide groups is 1. The van der Waals surface area contributed by atoms with Crippen LogP contribution in [0, 0.1) is 3.57 Å². The zero-order valence-electron chi connectivity index (χ0n) is 19.5. The summed E-state index contributed by atoms with van der Waals surface area (Å²) in [5.74, 6) is -0.0439. The third kappa shape index (κ3) is 6.03. The molecule has 1 aliphatic heterocycles. The first-order chi connectivity index (χ1) is 17.7. The van der Waals surface area contributed by atoms with Crippen LogP contribution < -0.4 is 14.8 Å². The van der Waals surface area contributed by atoms with E-state index in [2.05, 4.69) is 32.6 Å². The molecule has 9 nitrogen and oxygen atoms in total. The van der Waals surface area contributed by atoms with Gasteiger partial charge in [-0.3, -0.25) is 9.69 Å². The Balaban J connectivity index is 1.51. The molecular formula is C25H19Cl2IN2O7. The van der Waals surface area contributed by atoms with Crippen LogP contribution >= 0.6 is 45.8 Å². The maximum absolute atomic E-state index is 12.9. The maximum Gasteiger partial charge on any atom is 0.373 e. The third-order valence-corrected chi connectivity index (χ3v) is 6.66. The monoisotopic (exact) mass is 656 g/mol. The van der Waals surface area contributed by atoms with Gasteiger partial charge in [0.25, 0.3) is 5.91 Å². The largest absolute Gasteiger partial charge is 0.493 e. The number of methoxy groups -OCH3 is 2. The minimum absolute atomic E-state index is 0.0253. The van der Waals surface area contributed by atoms with Crippen LogP contribution in [0.1, 0.15) is 27.4 Å². The highest BCUT2D eigenvalue weighted by atomic mass is 127. The highest BCUT2D eigenvalue weighted by molar-refractivity contribution is 14.1. The van der Waals surface area contributed by atoms with E-state index in [1.54, 1.807) is 30.3 Å². The van der Waals surface area contributed by atoms with Crippen molar-refractivity contribution in [1.82, 2.24) is 10.2 Å². The summed E-state index contributed by atoms with van der Waals surface area (Å²) in [6.07, 6.45) is 1.53. The number of ether oxygens (including phenoxy) is 3. The first-order valence-corrected chi connectivity index (χ1v) is 12.5. The standard InChI is InChI=1S/C25H19Cl2IN2O7/c1-34-21-9-13(7-18(28)22(21)36-12-14-3-4-15(26)10-17(14)27)8-19-23(31)30(25(33)29-19)11-16-5-6-20(37-16)24(32)35-2/h3-10H,11-12H2,1-2H3,(H,29,33)/b19-8-. The van der Waals surface area contributed by atoms with Crippen molar-refractivity contribution in [2.24, 2.45) is 0 Å². The number of urea groups is 1. The highest BCUT2D eigenvalue weighted by Gasteiger charge is 2.34. The van der Waals surface area contributed by atoms with Gasteiger partial charge in [0.15, 0.2) is 11.5 Å². The average Bonchev–Trinajstić information content (AvgIpc) is 3.44. The fourth-order valence-corrected chi connectivity index (χ4v) is 4.71. The number of nitrogens with zero attached hydrogens (tertiary/aromatic N) is 1. The van der Waals surface area contributed by atoms with Crippen molar-refractivity contribution in [2.75, 3.05) is 14.2 Å². The van der Waals surface area contributed by atoms with Crippen LogP contribution in [0.15, 0.2) is 52.6 Å². The Bertz CT molecular complexity index is 1420. The third-order valence-electron chi connectivity index (χ3n) is 5.27. The van der Waals surface area contributed by atoms with Gasteiger partial charge in [0.1, 0.15) is 18.1 Å². The SMILES string of the molecule is COC(=O)c1ccc(CN2C(=O)N/C(=C\c3cc(I)c(OCc4ccc(Cl)cc4Cl)c(OC)c3)C2=O)o1. The molecule has 1 aromatic heterocycles. The van der Waals surface area contributed by atoms with Gasteiger partial charge in [-0.25, -0.2) is 9.59 Å². The summed E-state index contributed by atoms with van der Waals surface area (Å²) in [5.41, 5.74) is 1.43. The summed E-state index contributed by atoms with van der Waals surface area (Å²) in [7, 11) is 2.73. The van der Waals surface area contributed by atoms with Gasteiger partial charge >= 0.3 is 12.0 Å². The second-order valence-corrected chi connectivity index (χ2v) is 9.70. The van der Waals surface area contributed by atoms with Crippen LogP contribution in [0.3, 0.4) is 0 Å². The minimum Gasteiger partial charge on any atom is -0.493 e. The van der Waals surface area contributed by atoms with Crippen molar-refractivity contribution in [3.8, 4) is 11.5 Å². The lowest BCUT2D eigenvalue weighted by molar-refractivity contribution is -0.123. The van der Waals surface area contributed by atoms with Gasteiger partial charge in [0.05, 0.1) is 24.3 Å². The summed E-state index contributed by atoms with van der Waals surface area (Å²) in [4.78, 5) is 37.9. The van der Waals surface area contributed by atoms with E-state index in [1.165, 1.54) is 32.4 Å². The van der Waals surface area contributed by atoms with E-state index >= 15 is 0 Å². The molecule has 3 amide bonds. The van der Waals surface area contributed by atoms with E-state index in [0.29, 0.717) is 30.7 Å². The molecule has 4 rings (SSSR count). The lowest BCUT2D eigenvalue weighted by atomic mass is 10.1. The first-order valence-electron chi connectivity index (χ1n) is 10.7. The number of rotatable bonds is 8. The number of hydrogen-bond donors (Lipinski definition) is 1. The molecule has 1 aliphatic rings. The Morgan fingerprint density at radius 1 is 1.14 bits per heavy atom. The van der Waals surface area contributed by atoms with Gasteiger partial charge in [0.2, 0.25) is 5.76 Å². The number of hydrogen-bond acceptors (Lipinski definition) is 7. The molecule has 0 unspecified atom stereocenters. The number of carbonyl (C=O) groups excluding carboxylic acids is 3. The average molecular weight is 657 g/mol. The fourth-order valence-electron chi connectivity index (χ4n) is 3.46. The molecule has 0 radical (unpaired) electrons. The fraction of sp³-hybridized carbons (Fsp3) is 0.160. The Labute approximate surface area is 235 Å². The summed E-state index contributed by atoms with van der Waals surface area (Å²) < 4.78 is 22.1. The van der Waals surface area contributed by atoms with Crippen molar-refractivity contribution < 1.29 is 33.0 Å². The number of halogens is 3. The minimum atomic E-state index is -0.656. The number of benzene rings is 2. The molecular weight excluding hydrogens is 638 g/mol. The molecule has 12 heteroatoms. The van der Waals surface area contributed by atoms with Gasteiger partial charge in [0, 0.05) is 15.6 Å². The molecule has 2 heterocycles. The van der Waals surface area contributed by atoms with Crippen LogP contribution in [0.4, 0.5) is 4.79 Å². The molecule has 0 aliphatic carbocycles. The van der Waals surface area contributed by atoms with Crippen molar-refractivity contribution >= 4 is 69.8 Å². The zero-order valence-corrected chi connectivity index (χ0v) is 23.1. The molecule has 0 spiro atoms. The quantitative estimate of drug-likeness (QED) is 0.144. The first kappa shape index (κ1) is 26.8. The van der Waals surface area contributed by atoms with Crippen LogP contribution in [0.5, 0.6) is 11.5 Å². The van der Waals surface area contributed by atoms with E-state index in [4.69, 9.17) is 37.1 Å². The van der Waals surface area contributed by atoms with Gasteiger partial charge in [-0.2, -0.15) is 0 Å². The van der Waals surface area contributed by atoms with E-state index < -0.39 is 17.9 Å². The molecule has 0 bridgehead atoms. The van der Waals surface area contributed by atoms with E-state index in [0.717, 1.165) is 10.5 Å². The van der Waals surface area contributed by atoms with Crippen LogP contribution in [-0.2, 0) is 22.7 Å². The Hall–Kier alpha value is -3.22. The molecule has 3 aromatic rings. The van der Waals surface area contributed by atoms with Crippen molar-refractivity contribution in [1.29, 1.82) is 0 Å². The van der Waals surface area contributed by atoms with Gasteiger partial charge < -0.3 is 23.9 Å². The van der Waals surface area contributed by atoms with Crippen LogP contribution in [-0.4, -0.2) is 37.0 Å². The Kier molecular flexibility index (Phi) is 8.30. The number of nitrogens with one attached hydrogen (secondary N) is 1. The van der Waals surface area contributed by atoms with E-state index in [1.807, 2.05) is 0 Å². The number of furan rings is 1. The predicted octanol–water partition coefficient (Wildman–Crippen LogP) is 5.66. The van der Waals surface area contributed by atoms with Crippen molar-refractivity contribution in [2.45, 2.75) is 13.2 Å². The lowest BCUT2D eigenvalue weighted by Gasteiger charge is -2.14. The van der Waals surface area contributed by atoms with Crippen molar-refractivity contribution in [3.05, 3.63) is 84.4 Å². The van der Waals surface area contributed by atoms with Gasteiger partial charge in [-0.15, -0.1) is 0 Å². The summed E-state index contributed by atoms with van der Waals surface area (Å²) in [6, 6.07) is 10.9. The second kappa shape index (κ2) is 11.4. The summed E-state index contributed by atoms with van der Waals surface area (Å²) >= 11 is 14.3. The molecule has 0 atom stereocenters. The van der Waals surface area contributed by atoms with Crippen molar-refractivity contribution in [3.63, 3.8) is 0 Å². The van der Waals surface area contributed by atoms with Gasteiger partial charge in [-0.05, 0) is 70.6 Å². The maximum atomic E-state index is 12.9. The number of carbonyl (C=O) groups is 3. The molecule has 1 N–H and O–H groups in total. The van der Waals surface area contributed by atoms with Crippen LogP contribution in [0.2, 0.25) is 10.0 Å². The molecule has 1 saturated heterocycles. The summed E-state index contributed by atoms with van der Waals surface area (Å²) in [5, 5.41) is 3.57. The molecule has 2 aromatic carbocycles. The molecule has 0 saturated carbocycles. The Morgan fingerprint density at radius 2 is 1.92 bits per heavy atom. The molecule has 192 valence electrons. The smallest absolute Gasteiger partial charge is 0.373 e. The molecule has 1 fully saturated rings. The topological polar surface area (TPSA) is 107 Å². The predicted molar refractivity (Wildman–Crippen MR) is 144 cm³/mol. The zero-order chi connectivity index (χ0) is 26.7. The van der Waals surface area contributed by atoms with Crippen LogP contribution in [0.25, 0.3) is 6.08 Å².